The van der Waals surface area contributed by atoms with Gasteiger partial charge in [0.2, 0.25) is 0 Å². The monoisotopic (exact) mass is 270 g/mol. The zero-order valence-electron chi connectivity index (χ0n) is 12.4. The first-order valence-corrected chi connectivity index (χ1v) is 6.90. The van der Waals surface area contributed by atoms with Crippen molar-refractivity contribution >= 4 is 0 Å². The zero-order chi connectivity index (χ0) is 14.4. The van der Waals surface area contributed by atoms with Crippen LogP contribution in [0, 0.1) is 0 Å². The summed E-state index contributed by atoms with van der Waals surface area (Å²) < 4.78 is 5.71. The van der Waals surface area contributed by atoms with E-state index in [1.54, 1.807) is 6.20 Å². The molecular weight excluding hydrogens is 248 g/mol. The largest absolute Gasteiger partial charge is 0.487 e. The van der Waals surface area contributed by atoms with Crippen molar-refractivity contribution in [1.29, 1.82) is 0 Å². The lowest BCUT2D eigenvalue weighted by molar-refractivity contribution is 0.301. The van der Waals surface area contributed by atoms with Crippen LogP contribution >= 0.6 is 0 Å². The molecule has 0 aliphatic rings. The minimum atomic E-state index is 0.133. The second-order valence-electron chi connectivity index (χ2n) is 5.86. The van der Waals surface area contributed by atoms with Crippen molar-refractivity contribution in [3.8, 4) is 5.75 Å². The summed E-state index contributed by atoms with van der Waals surface area (Å²) in [6.07, 6.45) is 1.78. The fraction of sp³-hybridized carbons (Fsp3) is 0.353. The standard InChI is InChI=1S/C17H22N2O/c1-17(2,3)19-12-14-7-9-16(10-8-14)20-13-15-6-4-5-11-18-15/h4-11,19H,12-13H2,1-3H3. The maximum Gasteiger partial charge on any atom is 0.130 e. The first-order valence-electron chi connectivity index (χ1n) is 6.90. The van der Waals surface area contributed by atoms with Gasteiger partial charge < -0.3 is 10.1 Å². The highest BCUT2D eigenvalue weighted by atomic mass is 16.5. The lowest BCUT2D eigenvalue weighted by Gasteiger charge is -2.20. The van der Waals surface area contributed by atoms with Crippen molar-refractivity contribution in [1.82, 2.24) is 10.3 Å². The Bertz CT molecular complexity index is 515. The van der Waals surface area contributed by atoms with Crippen molar-refractivity contribution in [2.75, 3.05) is 0 Å². The summed E-state index contributed by atoms with van der Waals surface area (Å²) in [6, 6.07) is 14.0. The third kappa shape index (κ3) is 5.02. The molecule has 3 heteroatoms. The van der Waals surface area contributed by atoms with E-state index in [0.29, 0.717) is 6.61 Å². The molecule has 20 heavy (non-hydrogen) atoms. The maximum absolute atomic E-state index is 5.71. The van der Waals surface area contributed by atoms with Gasteiger partial charge in [-0.2, -0.15) is 0 Å². The number of hydrogen-bond donors (Lipinski definition) is 1. The summed E-state index contributed by atoms with van der Waals surface area (Å²) in [5.41, 5.74) is 2.32. The molecular formula is C17H22N2O. The highest BCUT2D eigenvalue weighted by Crippen LogP contribution is 2.14. The molecule has 0 atom stereocenters. The van der Waals surface area contributed by atoms with E-state index in [-0.39, 0.29) is 5.54 Å². The minimum Gasteiger partial charge on any atom is -0.487 e. The van der Waals surface area contributed by atoms with Crippen molar-refractivity contribution in [3.63, 3.8) is 0 Å². The molecule has 1 heterocycles. The highest BCUT2D eigenvalue weighted by Gasteiger charge is 2.08. The quantitative estimate of drug-likeness (QED) is 0.902. The van der Waals surface area contributed by atoms with Gasteiger partial charge in [-0.3, -0.25) is 4.98 Å². The van der Waals surface area contributed by atoms with Gasteiger partial charge in [-0.15, -0.1) is 0 Å². The molecule has 0 saturated heterocycles. The fourth-order valence-corrected chi connectivity index (χ4v) is 1.71. The van der Waals surface area contributed by atoms with Gasteiger partial charge in [0.15, 0.2) is 0 Å². The zero-order valence-corrected chi connectivity index (χ0v) is 12.4. The molecule has 1 aromatic heterocycles. The van der Waals surface area contributed by atoms with Crippen molar-refractivity contribution in [2.24, 2.45) is 0 Å². The first kappa shape index (κ1) is 14.5. The molecule has 2 aromatic rings. The molecule has 3 nitrogen and oxygen atoms in total. The Morgan fingerprint density at radius 2 is 1.80 bits per heavy atom. The highest BCUT2D eigenvalue weighted by molar-refractivity contribution is 5.27. The van der Waals surface area contributed by atoms with Gasteiger partial charge in [0.25, 0.3) is 0 Å². The third-order valence-electron chi connectivity index (χ3n) is 2.86. The lowest BCUT2D eigenvalue weighted by Crippen LogP contribution is -2.34. The number of aromatic nitrogens is 1. The van der Waals surface area contributed by atoms with Gasteiger partial charge >= 0.3 is 0 Å². The molecule has 106 valence electrons. The first-order chi connectivity index (χ1) is 9.53. The summed E-state index contributed by atoms with van der Waals surface area (Å²) in [5.74, 6) is 0.871. The second-order valence-corrected chi connectivity index (χ2v) is 5.86. The van der Waals surface area contributed by atoms with E-state index in [1.165, 1.54) is 5.56 Å². The molecule has 0 aliphatic heterocycles. The van der Waals surface area contributed by atoms with Crippen molar-refractivity contribution in [3.05, 3.63) is 59.9 Å². The molecule has 0 bridgehead atoms. The Morgan fingerprint density at radius 3 is 2.40 bits per heavy atom. The molecule has 0 saturated carbocycles. The van der Waals surface area contributed by atoms with Gasteiger partial charge in [-0.25, -0.2) is 0 Å². The average molecular weight is 270 g/mol. The summed E-state index contributed by atoms with van der Waals surface area (Å²) in [6.45, 7) is 7.86. The summed E-state index contributed by atoms with van der Waals surface area (Å²) in [5, 5.41) is 3.46. The van der Waals surface area contributed by atoms with Crippen LogP contribution in [0.5, 0.6) is 5.75 Å². The normalized spacial score (nSPS) is 11.3. The van der Waals surface area contributed by atoms with Crippen LogP contribution in [0.3, 0.4) is 0 Å². The van der Waals surface area contributed by atoms with E-state index in [2.05, 4.69) is 43.2 Å². The molecule has 0 radical (unpaired) electrons. The average Bonchev–Trinajstić information content (AvgIpc) is 2.44. The van der Waals surface area contributed by atoms with Crippen LogP contribution in [-0.2, 0) is 13.2 Å². The van der Waals surface area contributed by atoms with Gasteiger partial charge in [0, 0.05) is 18.3 Å². The number of rotatable bonds is 5. The smallest absolute Gasteiger partial charge is 0.130 e. The number of pyridine rings is 1. The van der Waals surface area contributed by atoms with E-state index >= 15 is 0 Å². The predicted octanol–water partition coefficient (Wildman–Crippen LogP) is 3.55. The second kappa shape index (κ2) is 6.53. The van der Waals surface area contributed by atoms with Crippen LogP contribution in [0.1, 0.15) is 32.0 Å². The van der Waals surface area contributed by atoms with Gasteiger partial charge in [0.1, 0.15) is 12.4 Å². The number of ether oxygens (including phenoxy) is 1. The summed E-state index contributed by atoms with van der Waals surface area (Å²) >= 11 is 0. The van der Waals surface area contributed by atoms with Crippen LogP contribution in [0.25, 0.3) is 0 Å². The van der Waals surface area contributed by atoms with Crippen LogP contribution in [0.2, 0.25) is 0 Å². The van der Waals surface area contributed by atoms with Gasteiger partial charge in [-0.1, -0.05) is 18.2 Å². The van der Waals surface area contributed by atoms with E-state index in [9.17, 15) is 0 Å². The number of nitrogens with zero attached hydrogens (tertiary/aromatic N) is 1. The van der Waals surface area contributed by atoms with Crippen molar-refractivity contribution < 1.29 is 4.74 Å². The Morgan fingerprint density at radius 1 is 1.05 bits per heavy atom. The summed E-state index contributed by atoms with van der Waals surface area (Å²) in [4.78, 5) is 4.23. The molecule has 2 rings (SSSR count). The van der Waals surface area contributed by atoms with Crippen molar-refractivity contribution in [2.45, 2.75) is 39.5 Å². The van der Waals surface area contributed by atoms with Crippen LogP contribution in [0.15, 0.2) is 48.7 Å². The predicted molar refractivity (Wildman–Crippen MR) is 81.6 cm³/mol. The topological polar surface area (TPSA) is 34.1 Å². The Labute approximate surface area is 121 Å². The molecule has 0 amide bonds. The van der Waals surface area contributed by atoms with Crippen LogP contribution in [-0.4, -0.2) is 10.5 Å². The molecule has 0 unspecified atom stereocenters. The number of benzene rings is 1. The Hall–Kier alpha value is -1.87. The molecule has 0 aliphatic carbocycles. The number of hydrogen-bond acceptors (Lipinski definition) is 3. The minimum absolute atomic E-state index is 0.133. The lowest BCUT2D eigenvalue weighted by atomic mass is 10.1. The molecule has 0 spiro atoms. The van der Waals surface area contributed by atoms with Gasteiger partial charge in [0.05, 0.1) is 5.69 Å². The van der Waals surface area contributed by atoms with E-state index < -0.39 is 0 Å². The van der Waals surface area contributed by atoms with E-state index in [0.717, 1.165) is 18.0 Å². The number of nitrogens with one attached hydrogen (secondary N) is 1. The fourth-order valence-electron chi connectivity index (χ4n) is 1.71. The Balaban J connectivity index is 1.85. The SMILES string of the molecule is CC(C)(C)NCc1ccc(OCc2ccccn2)cc1. The summed E-state index contributed by atoms with van der Waals surface area (Å²) in [7, 11) is 0. The van der Waals surface area contributed by atoms with Crippen LogP contribution < -0.4 is 10.1 Å². The van der Waals surface area contributed by atoms with E-state index in [1.807, 2.05) is 30.3 Å². The molecule has 1 aromatic carbocycles. The Kier molecular flexibility index (Phi) is 4.74. The molecule has 0 fully saturated rings. The van der Waals surface area contributed by atoms with Gasteiger partial charge in [-0.05, 0) is 50.6 Å². The third-order valence-corrected chi connectivity index (χ3v) is 2.86. The van der Waals surface area contributed by atoms with Crippen LogP contribution in [0.4, 0.5) is 0 Å². The van der Waals surface area contributed by atoms with E-state index in [4.69, 9.17) is 4.74 Å². The molecule has 1 N–H and O–H groups in total. The maximum atomic E-state index is 5.71.